The molecule has 0 amide bonds. The first-order chi connectivity index (χ1) is 13.3. The van der Waals surface area contributed by atoms with Crippen molar-refractivity contribution in [1.29, 1.82) is 0 Å². The molecule has 1 aromatic carbocycles. The third kappa shape index (κ3) is 5.08. The van der Waals surface area contributed by atoms with E-state index in [4.69, 9.17) is 0 Å². The van der Waals surface area contributed by atoms with Crippen molar-refractivity contribution < 1.29 is 19.8 Å². The van der Waals surface area contributed by atoms with Gasteiger partial charge in [-0.05, 0) is 92.6 Å². The number of halogens is 2. The Morgan fingerprint density at radius 2 is 1.14 bits per heavy atom. The molecular formula is C20H12Br2O4S2. The number of aromatic hydroxyl groups is 2. The van der Waals surface area contributed by atoms with E-state index < -0.39 is 0 Å². The molecule has 0 unspecified atom stereocenters. The third-order valence-electron chi connectivity index (χ3n) is 3.64. The maximum absolute atomic E-state index is 12.1. The van der Waals surface area contributed by atoms with Gasteiger partial charge in [-0.2, -0.15) is 0 Å². The minimum absolute atomic E-state index is 0.111. The van der Waals surface area contributed by atoms with Crippen molar-refractivity contribution in [3.05, 3.63) is 77.0 Å². The number of carbonyl (C=O) groups excluding carboxylic acids is 2. The van der Waals surface area contributed by atoms with E-state index in [-0.39, 0.29) is 23.1 Å². The minimum Gasteiger partial charge on any atom is -0.507 e. The average molecular weight is 540 g/mol. The molecule has 8 heteroatoms. The topological polar surface area (TPSA) is 74.6 Å². The third-order valence-corrected chi connectivity index (χ3v) is 6.91. The molecule has 0 aliphatic rings. The molecular weight excluding hydrogens is 528 g/mol. The van der Waals surface area contributed by atoms with Gasteiger partial charge in [0.15, 0.2) is 11.6 Å². The Kier molecular flexibility index (Phi) is 6.66. The van der Waals surface area contributed by atoms with Crippen LogP contribution in [0.1, 0.15) is 30.5 Å². The lowest BCUT2D eigenvalue weighted by Crippen LogP contribution is -1.90. The van der Waals surface area contributed by atoms with Crippen molar-refractivity contribution in [2.24, 2.45) is 0 Å². The van der Waals surface area contributed by atoms with Crippen LogP contribution in [0.3, 0.4) is 0 Å². The molecule has 2 heterocycles. The predicted molar refractivity (Wildman–Crippen MR) is 121 cm³/mol. The fourth-order valence-corrected chi connectivity index (χ4v) is 4.88. The molecule has 28 heavy (non-hydrogen) atoms. The molecule has 0 aliphatic carbocycles. The van der Waals surface area contributed by atoms with Crippen molar-refractivity contribution in [2.75, 3.05) is 0 Å². The zero-order valence-electron chi connectivity index (χ0n) is 14.1. The number of hydrogen-bond donors (Lipinski definition) is 2. The highest BCUT2D eigenvalue weighted by atomic mass is 79.9. The Morgan fingerprint density at radius 3 is 1.46 bits per heavy atom. The Hall–Kier alpha value is -2.00. The first kappa shape index (κ1) is 20.7. The number of phenolic OH excluding ortho intramolecular Hbond substituents is 2. The van der Waals surface area contributed by atoms with Gasteiger partial charge in [-0.3, -0.25) is 9.59 Å². The van der Waals surface area contributed by atoms with Crippen LogP contribution in [0.5, 0.6) is 11.5 Å². The fraction of sp³-hybridized carbons (Fsp3) is 0. The molecule has 0 radical (unpaired) electrons. The van der Waals surface area contributed by atoms with E-state index in [9.17, 15) is 19.8 Å². The SMILES string of the molecule is O=C(/C=C/c1cc(O)c(/C=C/C(=O)c2ccc(Br)s2)cc1O)c1ccc(Br)s1. The summed E-state index contributed by atoms with van der Waals surface area (Å²) >= 11 is 9.23. The Morgan fingerprint density at radius 1 is 0.750 bits per heavy atom. The van der Waals surface area contributed by atoms with Crippen molar-refractivity contribution in [2.45, 2.75) is 0 Å². The molecule has 0 aliphatic heterocycles. The molecule has 0 fully saturated rings. The van der Waals surface area contributed by atoms with E-state index >= 15 is 0 Å². The van der Waals surface area contributed by atoms with E-state index in [0.29, 0.717) is 20.9 Å². The highest BCUT2D eigenvalue weighted by Gasteiger charge is 2.09. The number of allylic oxidation sites excluding steroid dienone is 2. The predicted octanol–water partition coefficient (Wildman–Crippen LogP) is 6.54. The lowest BCUT2D eigenvalue weighted by molar-refractivity contribution is 0.104. The second-order valence-corrected chi connectivity index (χ2v) is 10.5. The quantitative estimate of drug-likeness (QED) is 0.212. The van der Waals surface area contributed by atoms with Crippen molar-refractivity contribution in [3.63, 3.8) is 0 Å². The van der Waals surface area contributed by atoms with Crippen LogP contribution in [0.2, 0.25) is 0 Å². The van der Waals surface area contributed by atoms with Gasteiger partial charge in [-0.1, -0.05) is 0 Å². The average Bonchev–Trinajstić information content (AvgIpc) is 3.28. The van der Waals surface area contributed by atoms with E-state index in [1.807, 2.05) is 0 Å². The summed E-state index contributed by atoms with van der Waals surface area (Å²) in [5.41, 5.74) is 0.597. The van der Waals surface area contributed by atoms with Gasteiger partial charge in [0, 0.05) is 11.1 Å². The first-order valence-corrected chi connectivity index (χ1v) is 11.1. The monoisotopic (exact) mass is 538 g/mol. The second-order valence-electron chi connectivity index (χ2n) is 5.57. The van der Waals surface area contributed by atoms with Gasteiger partial charge in [-0.25, -0.2) is 0 Å². The zero-order valence-corrected chi connectivity index (χ0v) is 18.9. The summed E-state index contributed by atoms with van der Waals surface area (Å²) in [6.45, 7) is 0. The highest BCUT2D eigenvalue weighted by molar-refractivity contribution is 9.11. The summed E-state index contributed by atoms with van der Waals surface area (Å²) in [7, 11) is 0. The number of carbonyl (C=O) groups is 2. The Labute approximate surface area is 185 Å². The standard InChI is InChI=1S/C20H12Br2O4S2/c21-19-7-5-17(27-19)13(23)3-1-11-9-16(26)12(10-15(11)25)2-4-14(24)18-6-8-20(22)28-18/h1-10,25-26H/b3-1+,4-2+. The number of hydrogen-bond acceptors (Lipinski definition) is 6. The fourth-order valence-electron chi connectivity index (χ4n) is 2.26. The van der Waals surface area contributed by atoms with Crippen LogP contribution >= 0.6 is 54.5 Å². The van der Waals surface area contributed by atoms with Gasteiger partial charge < -0.3 is 10.2 Å². The van der Waals surface area contributed by atoms with Crippen molar-refractivity contribution in [3.8, 4) is 11.5 Å². The van der Waals surface area contributed by atoms with Gasteiger partial charge in [-0.15, -0.1) is 22.7 Å². The second kappa shape index (κ2) is 9.00. The van der Waals surface area contributed by atoms with E-state index in [1.165, 1.54) is 59.1 Å². The molecule has 0 atom stereocenters. The van der Waals surface area contributed by atoms with E-state index in [2.05, 4.69) is 31.9 Å². The summed E-state index contributed by atoms with van der Waals surface area (Å²) in [6, 6.07) is 9.66. The smallest absolute Gasteiger partial charge is 0.195 e. The number of thiophene rings is 2. The molecule has 2 N–H and O–H groups in total. The number of ketones is 2. The van der Waals surface area contributed by atoms with Crippen LogP contribution in [0.25, 0.3) is 12.2 Å². The summed E-state index contributed by atoms with van der Waals surface area (Å²) < 4.78 is 1.70. The zero-order chi connectivity index (χ0) is 20.3. The van der Waals surface area contributed by atoms with Gasteiger partial charge in [0.1, 0.15) is 11.5 Å². The number of rotatable bonds is 6. The Balaban J connectivity index is 1.77. The van der Waals surface area contributed by atoms with Crippen molar-refractivity contribution in [1.82, 2.24) is 0 Å². The molecule has 142 valence electrons. The van der Waals surface area contributed by atoms with Crippen LogP contribution in [-0.2, 0) is 0 Å². The summed E-state index contributed by atoms with van der Waals surface area (Å²) in [6.07, 6.45) is 5.54. The highest BCUT2D eigenvalue weighted by Crippen LogP contribution is 2.30. The molecule has 0 saturated heterocycles. The van der Waals surface area contributed by atoms with Crippen LogP contribution in [0.15, 0.2) is 56.1 Å². The number of phenols is 2. The largest absolute Gasteiger partial charge is 0.507 e. The maximum atomic E-state index is 12.1. The Bertz CT molecular complexity index is 1020. The lowest BCUT2D eigenvalue weighted by atomic mass is 10.1. The number of benzene rings is 1. The molecule has 4 nitrogen and oxygen atoms in total. The van der Waals surface area contributed by atoms with Crippen LogP contribution in [-0.4, -0.2) is 21.8 Å². The summed E-state index contributed by atoms with van der Waals surface area (Å²) in [5, 5.41) is 20.4. The van der Waals surface area contributed by atoms with Gasteiger partial charge in [0.05, 0.1) is 17.3 Å². The minimum atomic E-state index is -0.203. The summed E-state index contributed by atoms with van der Waals surface area (Å²) in [5.74, 6) is -0.627. The molecule has 2 aromatic heterocycles. The van der Waals surface area contributed by atoms with Crippen LogP contribution in [0.4, 0.5) is 0 Å². The molecule has 0 bridgehead atoms. The van der Waals surface area contributed by atoms with Gasteiger partial charge in [0.25, 0.3) is 0 Å². The van der Waals surface area contributed by atoms with E-state index in [0.717, 1.165) is 7.57 Å². The van der Waals surface area contributed by atoms with Crippen molar-refractivity contribution >= 4 is 78.3 Å². The van der Waals surface area contributed by atoms with Crippen LogP contribution in [0, 0.1) is 0 Å². The normalized spacial score (nSPS) is 11.5. The van der Waals surface area contributed by atoms with Gasteiger partial charge >= 0.3 is 0 Å². The first-order valence-electron chi connectivity index (χ1n) is 7.85. The van der Waals surface area contributed by atoms with Crippen LogP contribution < -0.4 is 0 Å². The summed E-state index contributed by atoms with van der Waals surface area (Å²) in [4.78, 5) is 25.4. The molecule has 0 spiro atoms. The molecule has 0 saturated carbocycles. The molecule has 3 rings (SSSR count). The molecule has 3 aromatic rings. The van der Waals surface area contributed by atoms with E-state index in [1.54, 1.807) is 24.3 Å². The maximum Gasteiger partial charge on any atom is 0.195 e. The van der Waals surface area contributed by atoms with Gasteiger partial charge in [0.2, 0.25) is 0 Å². The lowest BCUT2D eigenvalue weighted by Gasteiger charge is -2.04.